The van der Waals surface area contributed by atoms with Crippen molar-refractivity contribution in [1.82, 2.24) is 10.3 Å². The van der Waals surface area contributed by atoms with E-state index in [4.69, 9.17) is 5.73 Å². The van der Waals surface area contributed by atoms with E-state index in [1.165, 1.54) is 48.8 Å². The third-order valence-corrected chi connectivity index (χ3v) is 4.26. The van der Waals surface area contributed by atoms with Gasteiger partial charge in [0.05, 0.1) is 11.6 Å². The third kappa shape index (κ3) is 5.13. The highest BCUT2D eigenvalue weighted by molar-refractivity contribution is 5.95. The maximum absolute atomic E-state index is 13.2. The topological polar surface area (TPSA) is 97.1 Å². The lowest BCUT2D eigenvalue weighted by atomic mass is 9.97. The van der Waals surface area contributed by atoms with Gasteiger partial charge >= 0.3 is 12.2 Å². The molecule has 4 N–H and O–H groups in total. The lowest BCUT2D eigenvalue weighted by Crippen LogP contribution is -2.29. The number of amides is 3. The van der Waals surface area contributed by atoms with Crippen LogP contribution in [0.25, 0.3) is 0 Å². The molecule has 3 amide bonds. The van der Waals surface area contributed by atoms with Gasteiger partial charge in [-0.25, -0.2) is 4.79 Å². The highest BCUT2D eigenvalue weighted by Crippen LogP contribution is 2.32. The van der Waals surface area contributed by atoms with Crippen LogP contribution < -0.4 is 16.4 Å². The van der Waals surface area contributed by atoms with Gasteiger partial charge in [-0.2, -0.15) is 13.2 Å². The monoisotopic (exact) mass is 414 g/mol. The summed E-state index contributed by atoms with van der Waals surface area (Å²) in [5, 5.41) is 5.12. The van der Waals surface area contributed by atoms with Gasteiger partial charge in [-0.1, -0.05) is 18.2 Å². The number of pyridine rings is 1. The van der Waals surface area contributed by atoms with E-state index >= 15 is 0 Å². The molecule has 1 aromatic heterocycles. The van der Waals surface area contributed by atoms with Crippen molar-refractivity contribution in [3.63, 3.8) is 0 Å². The fourth-order valence-corrected chi connectivity index (χ4v) is 2.86. The summed E-state index contributed by atoms with van der Waals surface area (Å²) in [4.78, 5) is 27.6. The zero-order valence-corrected chi connectivity index (χ0v) is 15.5. The van der Waals surface area contributed by atoms with E-state index in [2.05, 4.69) is 15.6 Å². The summed E-state index contributed by atoms with van der Waals surface area (Å²) in [5.74, 6) is -0.508. The Balaban J connectivity index is 1.91. The molecule has 0 spiro atoms. The van der Waals surface area contributed by atoms with E-state index < -0.39 is 29.7 Å². The lowest BCUT2D eigenvalue weighted by Gasteiger charge is -2.21. The number of hydrogen-bond donors (Lipinski definition) is 3. The van der Waals surface area contributed by atoms with Gasteiger partial charge in [-0.3, -0.25) is 9.78 Å². The number of hydrogen-bond acceptors (Lipinski definition) is 3. The van der Waals surface area contributed by atoms with Crippen LogP contribution in [0, 0.1) is 0 Å². The molecule has 1 heterocycles. The summed E-state index contributed by atoms with van der Waals surface area (Å²) in [6, 6.07) is 12.4. The molecule has 3 aromatic rings. The number of carbonyl (C=O) groups is 2. The number of benzene rings is 2. The second-order valence-corrected chi connectivity index (χ2v) is 6.38. The number of aromatic nitrogens is 1. The minimum absolute atomic E-state index is 0.255. The van der Waals surface area contributed by atoms with E-state index in [9.17, 15) is 22.8 Å². The second-order valence-electron chi connectivity index (χ2n) is 6.38. The Bertz CT molecular complexity index is 1040. The number of alkyl halides is 3. The largest absolute Gasteiger partial charge is 0.416 e. The van der Waals surface area contributed by atoms with Crippen LogP contribution in [0.4, 0.5) is 23.7 Å². The van der Waals surface area contributed by atoms with E-state index in [-0.39, 0.29) is 11.1 Å². The van der Waals surface area contributed by atoms with Crippen LogP contribution in [0.2, 0.25) is 0 Å². The smallest absolute Gasteiger partial charge is 0.351 e. The van der Waals surface area contributed by atoms with Crippen molar-refractivity contribution in [2.45, 2.75) is 12.2 Å². The average molecular weight is 414 g/mol. The quantitative estimate of drug-likeness (QED) is 0.586. The molecule has 6 nitrogen and oxygen atoms in total. The summed E-state index contributed by atoms with van der Waals surface area (Å²) in [7, 11) is 0. The van der Waals surface area contributed by atoms with Crippen LogP contribution in [0.5, 0.6) is 0 Å². The van der Waals surface area contributed by atoms with Crippen LogP contribution >= 0.6 is 0 Å². The molecular formula is C21H17F3N4O2. The molecule has 0 radical (unpaired) electrons. The number of anilines is 1. The number of carbonyl (C=O) groups excluding carboxylic acids is 2. The van der Waals surface area contributed by atoms with Gasteiger partial charge in [0, 0.05) is 23.6 Å². The lowest BCUT2D eigenvalue weighted by molar-refractivity contribution is -0.137. The van der Waals surface area contributed by atoms with Crippen LogP contribution in [0.15, 0.2) is 73.1 Å². The molecule has 0 aliphatic rings. The maximum Gasteiger partial charge on any atom is 0.416 e. The fourth-order valence-electron chi connectivity index (χ4n) is 2.86. The standard InChI is InChI=1S/C21H17F3N4O2/c22-21(23,24)16-5-1-3-14(11-16)18(15-4-2-10-26-12-15)28-19(29)13-6-8-17(9-7-13)27-20(25)30/h1-12,18H,(H,28,29)(H3,25,27,30). The Labute approximate surface area is 169 Å². The SMILES string of the molecule is NC(=O)Nc1ccc(C(=O)NC(c2cccnc2)c2cccc(C(F)(F)F)c2)cc1. The summed E-state index contributed by atoms with van der Waals surface area (Å²) in [6.45, 7) is 0. The van der Waals surface area contributed by atoms with Crippen molar-refractivity contribution >= 4 is 17.6 Å². The number of urea groups is 1. The first-order valence-corrected chi connectivity index (χ1v) is 8.78. The summed E-state index contributed by atoms with van der Waals surface area (Å²) in [5.41, 5.74) is 5.68. The summed E-state index contributed by atoms with van der Waals surface area (Å²) in [6.07, 6.45) is -1.51. The van der Waals surface area contributed by atoms with Gasteiger partial charge in [0.25, 0.3) is 5.91 Å². The third-order valence-electron chi connectivity index (χ3n) is 4.26. The van der Waals surface area contributed by atoms with Crippen molar-refractivity contribution in [2.24, 2.45) is 5.73 Å². The Kier molecular flexibility index (Phi) is 6.01. The molecule has 0 aliphatic carbocycles. The average Bonchev–Trinajstić information content (AvgIpc) is 2.72. The molecule has 0 aliphatic heterocycles. The molecule has 0 saturated heterocycles. The molecule has 0 bridgehead atoms. The number of nitrogens with one attached hydrogen (secondary N) is 2. The number of nitrogens with two attached hydrogens (primary N) is 1. The molecule has 9 heteroatoms. The number of rotatable bonds is 5. The van der Waals surface area contributed by atoms with Crippen molar-refractivity contribution in [1.29, 1.82) is 0 Å². The molecule has 2 aromatic carbocycles. The molecule has 0 fully saturated rings. The zero-order valence-electron chi connectivity index (χ0n) is 15.5. The summed E-state index contributed by atoms with van der Waals surface area (Å²) < 4.78 is 39.5. The molecule has 0 saturated carbocycles. The van der Waals surface area contributed by atoms with Gasteiger partial charge in [0.1, 0.15) is 0 Å². The predicted octanol–water partition coefficient (Wildman–Crippen LogP) is 4.11. The highest BCUT2D eigenvalue weighted by atomic mass is 19.4. The van der Waals surface area contributed by atoms with E-state index in [0.717, 1.165) is 12.1 Å². The minimum atomic E-state index is -4.51. The maximum atomic E-state index is 13.2. The van der Waals surface area contributed by atoms with E-state index in [0.29, 0.717) is 11.3 Å². The Morgan fingerprint density at radius 1 is 0.967 bits per heavy atom. The first kappa shape index (κ1) is 20.8. The summed E-state index contributed by atoms with van der Waals surface area (Å²) >= 11 is 0. The molecule has 1 unspecified atom stereocenters. The minimum Gasteiger partial charge on any atom is -0.351 e. The molecule has 3 rings (SSSR count). The highest BCUT2D eigenvalue weighted by Gasteiger charge is 2.31. The molecule has 1 atom stereocenters. The number of primary amides is 1. The van der Waals surface area contributed by atoms with Gasteiger partial charge < -0.3 is 16.4 Å². The Hall–Kier alpha value is -3.88. The number of nitrogens with zero attached hydrogens (tertiary/aromatic N) is 1. The molecule has 154 valence electrons. The zero-order chi connectivity index (χ0) is 21.7. The van der Waals surface area contributed by atoms with Crippen molar-refractivity contribution in [3.05, 3.63) is 95.3 Å². The van der Waals surface area contributed by atoms with Gasteiger partial charge in [0.2, 0.25) is 0 Å². The van der Waals surface area contributed by atoms with Crippen molar-refractivity contribution in [3.8, 4) is 0 Å². The first-order valence-electron chi connectivity index (χ1n) is 8.78. The fraction of sp³-hybridized carbons (Fsp3) is 0.0952. The Morgan fingerprint density at radius 2 is 1.67 bits per heavy atom. The van der Waals surface area contributed by atoms with Crippen LogP contribution in [-0.2, 0) is 6.18 Å². The van der Waals surface area contributed by atoms with Gasteiger partial charge in [0.15, 0.2) is 0 Å². The normalized spacial score (nSPS) is 12.1. The van der Waals surface area contributed by atoms with Crippen molar-refractivity contribution < 1.29 is 22.8 Å². The van der Waals surface area contributed by atoms with Crippen molar-refractivity contribution in [2.75, 3.05) is 5.32 Å². The van der Waals surface area contributed by atoms with Crippen LogP contribution in [0.3, 0.4) is 0 Å². The van der Waals surface area contributed by atoms with Gasteiger partial charge in [-0.05, 0) is 53.6 Å². The predicted molar refractivity (Wildman–Crippen MR) is 105 cm³/mol. The first-order chi connectivity index (χ1) is 14.2. The second kappa shape index (κ2) is 8.64. The van der Waals surface area contributed by atoms with Gasteiger partial charge in [-0.15, -0.1) is 0 Å². The van der Waals surface area contributed by atoms with Crippen LogP contribution in [-0.4, -0.2) is 16.9 Å². The van der Waals surface area contributed by atoms with Crippen LogP contribution in [0.1, 0.15) is 33.1 Å². The molecule has 30 heavy (non-hydrogen) atoms. The Morgan fingerprint density at radius 3 is 2.27 bits per heavy atom. The van der Waals surface area contributed by atoms with E-state index in [1.54, 1.807) is 12.1 Å². The van der Waals surface area contributed by atoms with E-state index in [1.807, 2.05) is 0 Å². The molecular weight excluding hydrogens is 397 g/mol. The number of halogens is 3.